The quantitative estimate of drug-likeness (QED) is 0.734. The van der Waals surface area contributed by atoms with Gasteiger partial charge in [-0.1, -0.05) is 60.7 Å². The Morgan fingerprint density at radius 3 is 2.32 bits per heavy atom. The molecule has 0 radical (unpaired) electrons. The first-order valence-electron chi connectivity index (χ1n) is 9.68. The van der Waals surface area contributed by atoms with Gasteiger partial charge in [-0.15, -0.1) is 0 Å². The molecule has 2 amide bonds. The molecule has 1 fully saturated rings. The van der Waals surface area contributed by atoms with Crippen LogP contribution in [0.1, 0.15) is 24.5 Å². The van der Waals surface area contributed by atoms with Gasteiger partial charge >= 0.3 is 0 Å². The Balaban J connectivity index is 1.61. The molecular formula is C22H27N3O3. The highest BCUT2D eigenvalue weighted by Gasteiger charge is 2.29. The van der Waals surface area contributed by atoms with Gasteiger partial charge in [0, 0.05) is 19.5 Å². The molecule has 0 unspecified atom stereocenters. The molecule has 0 saturated carbocycles. The highest BCUT2D eigenvalue weighted by atomic mass is 16.5. The van der Waals surface area contributed by atoms with Crippen molar-refractivity contribution < 1.29 is 14.3 Å². The third kappa shape index (κ3) is 5.65. The van der Waals surface area contributed by atoms with Crippen molar-refractivity contribution >= 4 is 11.8 Å². The van der Waals surface area contributed by atoms with Crippen LogP contribution in [-0.2, 0) is 27.4 Å². The number of hydrogen-bond donors (Lipinski definition) is 2. The Bertz CT molecular complexity index is 761. The summed E-state index contributed by atoms with van der Waals surface area (Å²) in [6.07, 6.45) is 0.696. The third-order valence-electron chi connectivity index (χ3n) is 4.74. The van der Waals surface area contributed by atoms with Crippen LogP contribution in [0.2, 0.25) is 0 Å². The van der Waals surface area contributed by atoms with Gasteiger partial charge in [-0.3, -0.25) is 14.6 Å². The van der Waals surface area contributed by atoms with E-state index in [-0.39, 0.29) is 11.8 Å². The van der Waals surface area contributed by atoms with Crippen LogP contribution in [0, 0.1) is 0 Å². The van der Waals surface area contributed by atoms with E-state index in [0.29, 0.717) is 19.6 Å². The van der Waals surface area contributed by atoms with E-state index < -0.39 is 12.1 Å². The van der Waals surface area contributed by atoms with Crippen LogP contribution in [0.4, 0.5) is 0 Å². The van der Waals surface area contributed by atoms with Crippen molar-refractivity contribution in [2.45, 2.75) is 38.5 Å². The zero-order valence-corrected chi connectivity index (χ0v) is 16.1. The molecule has 1 aliphatic heterocycles. The van der Waals surface area contributed by atoms with Crippen molar-refractivity contribution in [3.05, 3.63) is 71.8 Å². The lowest BCUT2D eigenvalue weighted by Crippen LogP contribution is -2.53. The van der Waals surface area contributed by atoms with E-state index in [9.17, 15) is 9.59 Å². The van der Waals surface area contributed by atoms with Crippen molar-refractivity contribution in [2.24, 2.45) is 0 Å². The van der Waals surface area contributed by atoms with Gasteiger partial charge in [0.15, 0.2) is 0 Å². The molecule has 2 aromatic rings. The second-order valence-corrected chi connectivity index (χ2v) is 6.94. The van der Waals surface area contributed by atoms with Gasteiger partial charge in [-0.2, -0.15) is 0 Å². The molecule has 0 bridgehead atoms. The fourth-order valence-corrected chi connectivity index (χ4v) is 3.12. The normalized spacial score (nSPS) is 15.8. The maximum absolute atomic E-state index is 12.9. The van der Waals surface area contributed by atoms with E-state index in [1.807, 2.05) is 60.7 Å². The smallest absolute Gasteiger partial charge is 0.259 e. The summed E-state index contributed by atoms with van der Waals surface area (Å²) in [4.78, 5) is 25.6. The van der Waals surface area contributed by atoms with E-state index >= 15 is 0 Å². The average molecular weight is 381 g/mol. The van der Waals surface area contributed by atoms with E-state index in [1.54, 1.807) is 11.9 Å². The molecule has 1 aliphatic rings. The number of ether oxygens (including phenoxy) is 1. The average Bonchev–Trinajstić information content (AvgIpc) is 3.27. The van der Waals surface area contributed by atoms with E-state index in [4.69, 9.17) is 4.74 Å². The highest BCUT2D eigenvalue weighted by molar-refractivity contribution is 5.89. The van der Waals surface area contributed by atoms with Crippen molar-refractivity contribution in [3.8, 4) is 0 Å². The van der Waals surface area contributed by atoms with Crippen LogP contribution in [0.3, 0.4) is 0 Å². The van der Waals surface area contributed by atoms with E-state index in [1.165, 1.54) is 0 Å². The summed E-state index contributed by atoms with van der Waals surface area (Å²) in [6.45, 7) is 3.48. The van der Waals surface area contributed by atoms with Gasteiger partial charge in [-0.25, -0.2) is 5.43 Å². The maximum atomic E-state index is 12.9. The summed E-state index contributed by atoms with van der Waals surface area (Å²) in [6, 6.07) is 18.8. The molecule has 2 atom stereocenters. The Morgan fingerprint density at radius 2 is 1.71 bits per heavy atom. The Hall–Kier alpha value is -2.70. The van der Waals surface area contributed by atoms with Gasteiger partial charge < -0.3 is 10.1 Å². The van der Waals surface area contributed by atoms with Gasteiger partial charge in [0.25, 0.3) is 5.91 Å². The first-order valence-corrected chi connectivity index (χ1v) is 9.68. The molecule has 28 heavy (non-hydrogen) atoms. The second-order valence-electron chi connectivity index (χ2n) is 6.94. The number of hydrazine groups is 1. The lowest BCUT2D eigenvalue weighted by atomic mass is 10.0. The number of nitrogens with one attached hydrogen (secondary N) is 2. The molecule has 2 aromatic carbocycles. The molecule has 6 heteroatoms. The topological polar surface area (TPSA) is 70.7 Å². The highest BCUT2D eigenvalue weighted by Crippen LogP contribution is 2.09. The zero-order valence-electron chi connectivity index (χ0n) is 16.1. The first kappa shape index (κ1) is 20.0. The van der Waals surface area contributed by atoms with Crippen LogP contribution in [-0.4, -0.2) is 42.1 Å². The van der Waals surface area contributed by atoms with Gasteiger partial charge in [0.1, 0.15) is 12.1 Å². The summed E-state index contributed by atoms with van der Waals surface area (Å²) >= 11 is 0. The van der Waals surface area contributed by atoms with Gasteiger partial charge in [0.2, 0.25) is 5.91 Å². The standard InChI is InChI=1S/C22H27N3O3/c1-17(28-16-19-11-6-3-7-12-19)21(26)24-20(15-18-9-4-2-5-10-18)22(27)25-14-8-13-23-25/h2-7,9-12,17,20,23H,8,13-16H2,1H3,(H,24,26)/t17-,20+/m1/s1. The minimum absolute atomic E-state index is 0.120. The lowest BCUT2D eigenvalue weighted by molar-refractivity contribution is -0.141. The van der Waals surface area contributed by atoms with Crippen molar-refractivity contribution in [1.29, 1.82) is 0 Å². The summed E-state index contributed by atoms with van der Waals surface area (Å²) in [5.74, 6) is -0.408. The third-order valence-corrected chi connectivity index (χ3v) is 4.74. The Morgan fingerprint density at radius 1 is 1.07 bits per heavy atom. The van der Waals surface area contributed by atoms with Gasteiger partial charge in [0.05, 0.1) is 6.61 Å². The first-order chi connectivity index (χ1) is 13.6. The summed E-state index contributed by atoms with van der Waals surface area (Å²) in [5, 5.41) is 4.48. The number of amides is 2. The summed E-state index contributed by atoms with van der Waals surface area (Å²) in [5.41, 5.74) is 5.07. The summed E-state index contributed by atoms with van der Waals surface area (Å²) in [7, 11) is 0. The fraction of sp³-hybridized carbons (Fsp3) is 0.364. The number of nitrogens with zero attached hydrogens (tertiary/aromatic N) is 1. The van der Waals surface area contributed by atoms with Crippen molar-refractivity contribution in [3.63, 3.8) is 0 Å². The molecule has 1 saturated heterocycles. The minimum Gasteiger partial charge on any atom is -0.364 e. The molecule has 148 valence electrons. The fourth-order valence-electron chi connectivity index (χ4n) is 3.12. The molecule has 2 N–H and O–H groups in total. The zero-order chi connectivity index (χ0) is 19.8. The predicted octanol–water partition coefficient (Wildman–Crippen LogP) is 2.06. The van der Waals surface area contributed by atoms with Crippen LogP contribution in [0.5, 0.6) is 0 Å². The molecule has 0 aliphatic carbocycles. The number of carbonyl (C=O) groups excluding carboxylic acids is 2. The van der Waals surface area contributed by atoms with Crippen LogP contribution in [0.25, 0.3) is 0 Å². The molecule has 3 rings (SSSR count). The second kappa shape index (κ2) is 10.0. The molecule has 1 heterocycles. The van der Waals surface area contributed by atoms with E-state index in [2.05, 4.69) is 10.7 Å². The lowest BCUT2D eigenvalue weighted by Gasteiger charge is -2.25. The van der Waals surface area contributed by atoms with Crippen LogP contribution in [0.15, 0.2) is 60.7 Å². The largest absolute Gasteiger partial charge is 0.364 e. The maximum Gasteiger partial charge on any atom is 0.259 e. The predicted molar refractivity (Wildman–Crippen MR) is 107 cm³/mol. The number of carbonyl (C=O) groups is 2. The van der Waals surface area contributed by atoms with Crippen molar-refractivity contribution in [1.82, 2.24) is 15.8 Å². The van der Waals surface area contributed by atoms with Crippen LogP contribution >= 0.6 is 0 Å². The Labute approximate surface area is 165 Å². The molecule has 0 spiro atoms. The SMILES string of the molecule is C[C@@H](OCc1ccccc1)C(=O)N[C@@H](Cc1ccccc1)C(=O)N1CCCN1. The van der Waals surface area contributed by atoms with Crippen LogP contribution < -0.4 is 10.7 Å². The molecular weight excluding hydrogens is 354 g/mol. The monoisotopic (exact) mass is 381 g/mol. The van der Waals surface area contributed by atoms with E-state index in [0.717, 1.165) is 24.1 Å². The van der Waals surface area contributed by atoms with Gasteiger partial charge in [-0.05, 0) is 24.5 Å². The number of hydrogen-bond acceptors (Lipinski definition) is 4. The number of rotatable bonds is 8. The summed E-state index contributed by atoms with van der Waals surface area (Å²) < 4.78 is 5.69. The molecule has 0 aromatic heterocycles. The number of benzene rings is 2. The van der Waals surface area contributed by atoms with Crippen molar-refractivity contribution in [2.75, 3.05) is 13.1 Å². The minimum atomic E-state index is -0.655. The Kier molecular flexibility index (Phi) is 7.17. The molecule has 6 nitrogen and oxygen atoms in total.